The Morgan fingerprint density at radius 1 is 1.29 bits per heavy atom. The fourth-order valence-electron chi connectivity index (χ4n) is 1.97. The number of hydrogen-bond donors (Lipinski definition) is 2. The molecule has 0 radical (unpaired) electrons. The highest BCUT2D eigenvalue weighted by molar-refractivity contribution is 5.45. The summed E-state index contributed by atoms with van der Waals surface area (Å²) >= 11 is 0. The van der Waals surface area contributed by atoms with Crippen molar-refractivity contribution in [3.63, 3.8) is 0 Å². The molecule has 0 saturated carbocycles. The number of nitrogens with two attached hydrogens (primary N) is 1. The molecule has 21 heavy (non-hydrogen) atoms. The van der Waals surface area contributed by atoms with Crippen molar-refractivity contribution in [2.24, 2.45) is 5.73 Å². The summed E-state index contributed by atoms with van der Waals surface area (Å²) in [5.74, 6) is 6.74. The number of aliphatic hydroxyl groups is 1. The number of nitrogens with zero attached hydrogens (tertiary/aromatic N) is 1. The standard InChI is InChI=1S/C16H24N2O3/c1-20-11-9-18(8-10-19)13-15-12-16(21-2)6-5-14(15)4-3-7-17/h5-6,12,19H,7-11,13,17H2,1-2H3. The van der Waals surface area contributed by atoms with Crippen LogP contribution in [0.1, 0.15) is 11.1 Å². The zero-order chi connectivity index (χ0) is 15.5. The van der Waals surface area contributed by atoms with Gasteiger partial charge in [-0.25, -0.2) is 0 Å². The van der Waals surface area contributed by atoms with E-state index in [2.05, 4.69) is 16.7 Å². The molecule has 0 fully saturated rings. The van der Waals surface area contributed by atoms with Gasteiger partial charge in [-0.15, -0.1) is 0 Å². The lowest BCUT2D eigenvalue weighted by Crippen LogP contribution is -2.30. The lowest BCUT2D eigenvalue weighted by atomic mass is 10.1. The second kappa shape index (κ2) is 10.2. The molecular weight excluding hydrogens is 268 g/mol. The topological polar surface area (TPSA) is 68.0 Å². The summed E-state index contributed by atoms with van der Waals surface area (Å²) in [6.45, 7) is 3.07. The highest BCUT2D eigenvalue weighted by atomic mass is 16.5. The Hall–Kier alpha value is -1.58. The van der Waals surface area contributed by atoms with Gasteiger partial charge in [0.05, 0.1) is 26.9 Å². The molecule has 0 aromatic heterocycles. The zero-order valence-corrected chi connectivity index (χ0v) is 12.8. The van der Waals surface area contributed by atoms with Crippen LogP contribution in [0.25, 0.3) is 0 Å². The van der Waals surface area contributed by atoms with Crippen LogP contribution >= 0.6 is 0 Å². The molecule has 3 N–H and O–H groups in total. The number of benzene rings is 1. The quantitative estimate of drug-likeness (QED) is 0.681. The molecule has 116 valence electrons. The highest BCUT2D eigenvalue weighted by Crippen LogP contribution is 2.19. The first kappa shape index (κ1) is 17.5. The monoisotopic (exact) mass is 292 g/mol. The van der Waals surface area contributed by atoms with Gasteiger partial charge in [-0.05, 0) is 23.8 Å². The number of hydrogen-bond acceptors (Lipinski definition) is 5. The molecular formula is C16H24N2O3. The summed E-state index contributed by atoms with van der Waals surface area (Å²) in [4.78, 5) is 2.12. The van der Waals surface area contributed by atoms with E-state index in [-0.39, 0.29) is 6.61 Å². The molecule has 0 amide bonds. The van der Waals surface area contributed by atoms with Crippen LogP contribution in [0, 0.1) is 11.8 Å². The maximum atomic E-state index is 9.17. The van der Waals surface area contributed by atoms with E-state index in [1.165, 1.54) is 0 Å². The van der Waals surface area contributed by atoms with Crippen molar-refractivity contribution >= 4 is 0 Å². The minimum atomic E-state index is 0.109. The Morgan fingerprint density at radius 2 is 2.10 bits per heavy atom. The zero-order valence-electron chi connectivity index (χ0n) is 12.8. The van der Waals surface area contributed by atoms with E-state index in [0.717, 1.165) is 23.4 Å². The summed E-state index contributed by atoms with van der Waals surface area (Å²) in [6.07, 6.45) is 0. The summed E-state index contributed by atoms with van der Waals surface area (Å²) in [7, 11) is 3.31. The molecule has 5 heteroatoms. The predicted molar refractivity (Wildman–Crippen MR) is 83.2 cm³/mol. The van der Waals surface area contributed by atoms with E-state index in [0.29, 0.717) is 26.2 Å². The molecule has 5 nitrogen and oxygen atoms in total. The van der Waals surface area contributed by atoms with E-state index in [9.17, 15) is 5.11 Å². The summed E-state index contributed by atoms with van der Waals surface area (Å²) < 4.78 is 10.4. The second-order valence-corrected chi connectivity index (χ2v) is 4.52. The molecule has 0 aliphatic rings. The van der Waals surface area contributed by atoms with Crippen molar-refractivity contribution in [1.29, 1.82) is 0 Å². The molecule has 0 aliphatic heterocycles. The molecule has 0 bridgehead atoms. The van der Waals surface area contributed by atoms with Crippen molar-refractivity contribution in [2.45, 2.75) is 6.54 Å². The highest BCUT2D eigenvalue weighted by Gasteiger charge is 2.09. The fraction of sp³-hybridized carbons (Fsp3) is 0.500. The van der Waals surface area contributed by atoms with E-state index < -0.39 is 0 Å². The Balaban J connectivity index is 2.94. The van der Waals surface area contributed by atoms with E-state index in [4.69, 9.17) is 15.2 Å². The van der Waals surface area contributed by atoms with Crippen LogP contribution in [0.5, 0.6) is 5.75 Å². The van der Waals surface area contributed by atoms with Gasteiger partial charge in [0, 0.05) is 32.3 Å². The molecule has 0 aliphatic carbocycles. The number of ether oxygens (including phenoxy) is 2. The Labute approximate surface area is 126 Å². The maximum Gasteiger partial charge on any atom is 0.119 e. The van der Waals surface area contributed by atoms with Crippen LogP contribution in [0.4, 0.5) is 0 Å². The minimum absolute atomic E-state index is 0.109. The van der Waals surface area contributed by atoms with Crippen LogP contribution in [0.15, 0.2) is 18.2 Å². The van der Waals surface area contributed by atoms with Crippen molar-refractivity contribution in [1.82, 2.24) is 4.90 Å². The number of methoxy groups -OCH3 is 2. The minimum Gasteiger partial charge on any atom is -0.497 e. The normalized spacial score (nSPS) is 10.3. The Kier molecular flexibility index (Phi) is 8.48. The van der Waals surface area contributed by atoms with Gasteiger partial charge < -0.3 is 20.3 Å². The lowest BCUT2D eigenvalue weighted by molar-refractivity contribution is 0.127. The first-order valence-electron chi connectivity index (χ1n) is 6.93. The molecule has 0 heterocycles. The lowest BCUT2D eigenvalue weighted by Gasteiger charge is -2.22. The average Bonchev–Trinajstić information content (AvgIpc) is 2.51. The largest absolute Gasteiger partial charge is 0.497 e. The maximum absolute atomic E-state index is 9.17. The third-order valence-corrected chi connectivity index (χ3v) is 3.06. The van der Waals surface area contributed by atoms with Crippen LogP contribution in [-0.4, -0.2) is 57.1 Å². The second-order valence-electron chi connectivity index (χ2n) is 4.52. The van der Waals surface area contributed by atoms with E-state index >= 15 is 0 Å². The summed E-state index contributed by atoms with van der Waals surface area (Å²) in [6, 6.07) is 5.79. The predicted octanol–water partition coefficient (Wildman–Crippen LogP) is 0.446. The van der Waals surface area contributed by atoms with Crippen LogP contribution < -0.4 is 10.5 Å². The summed E-state index contributed by atoms with van der Waals surface area (Å²) in [5.41, 5.74) is 7.43. The molecule has 1 aromatic carbocycles. The molecule has 0 unspecified atom stereocenters. The SMILES string of the molecule is COCCN(CCO)Cc1cc(OC)ccc1C#CCN. The molecule has 0 atom stereocenters. The average molecular weight is 292 g/mol. The Morgan fingerprint density at radius 3 is 2.71 bits per heavy atom. The van der Waals surface area contributed by atoms with Gasteiger partial charge in [-0.3, -0.25) is 4.90 Å². The fourth-order valence-corrected chi connectivity index (χ4v) is 1.97. The first-order chi connectivity index (χ1) is 10.2. The number of rotatable bonds is 8. The van der Waals surface area contributed by atoms with Crippen molar-refractivity contribution < 1.29 is 14.6 Å². The van der Waals surface area contributed by atoms with Gasteiger partial charge in [-0.1, -0.05) is 11.8 Å². The van der Waals surface area contributed by atoms with Gasteiger partial charge in [0.15, 0.2) is 0 Å². The van der Waals surface area contributed by atoms with Crippen molar-refractivity contribution in [3.05, 3.63) is 29.3 Å². The summed E-state index contributed by atoms with van der Waals surface area (Å²) in [5, 5.41) is 9.17. The van der Waals surface area contributed by atoms with Crippen LogP contribution in [0.2, 0.25) is 0 Å². The van der Waals surface area contributed by atoms with E-state index in [1.54, 1.807) is 14.2 Å². The molecule has 0 saturated heterocycles. The Bertz CT molecular complexity index is 480. The van der Waals surface area contributed by atoms with Gasteiger partial charge in [0.1, 0.15) is 5.75 Å². The first-order valence-corrected chi connectivity index (χ1v) is 6.93. The van der Waals surface area contributed by atoms with Crippen molar-refractivity contribution in [3.8, 4) is 17.6 Å². The third-order valence-electron chi connectivity index (χ3n) is 3.06. The van der Waals surface area contributed by atoms with Crippen LogP contribution in [0.3, 0.4) is 0 Å². The third kappa shape index (κ3) is 6.15. The molecule has 0 spiro atoms. The van der Waals surface area contributed by atoms with Crippen molar-refractivity contribution in [2.75, 3.05) is 47.1 Å². The molecule has 1 rings (SSSR count). The molecule has 1 aromatic rings. The van der Waals surface area contributed by atoms with Gasteiger partial charge in [0.2, 0.25) is 0 Å². The van der Waals surface area contributed by atoms with E-state index in [1.807, 2.05) is 18.2 Å². The van der Waals surface area contributed by atoms with Crippen LogP contribution in [-0.2, 0) is 11.3 Å². The number of aliphatic hydroxyl groups excluding tert-OH is 1. The van der Waals surface area contributed by atoms with Gasteiger partial charge in [0.25, 0.3) is 0 Å². The smallest absolute Gasteiger partial charge is 0.119 e. The van der Waals surface area contributed by atoms with Gasteiger partial charge in [-0.2, -0.15) is 0 Å². The van der Waals surface area contributed by atoms with Gasteiger partial charge >= 0.3 is 0 Å².